The van der Waals surface area contributed by atoms with E-state index in [2.05, 4.69) is 0 Å². The first-order valence-corrected chi connectivity index (χ1v) is 8.16. The third kappa shape index (κ3) is 2.95. The SMILES string of the molecule is CC(=O)Cn1c(C2CCCCC2)nc2cc(Cl)c(Cl)cc21. The van der Waals surface area contributed by atoms with Gasteiger partial charge in [0, 0.05) is 5.92 Å². The molecular weight excluding hydrogens is 307 g/mol. The highest BCUT2D eigenvalue weighted by molar-refractivity contribution is 6.42. The summed E-state index contributed by atoms with van der Waals surface area (Å²) in [5, 5.41) is 1.01. The molecule has 1 aliphatic rings. The van der Waals surface area contributed by atoms with Crippen LogP contribution in [0.1, 0.15) is 50.8 Å². The summed E-state index contributed by atoms with van der Waals surface area (Å²) in [6, 6.07) is 3.61. The normalized spacial score (nSPS) is 16.5. The Bertz CT molecular complexity index is 687. The van der Waals surface area contributed by atoms with Gasteiger partial charge in [0.2, 0.25) is 0 Å². The zero-order chi connectivity index (χ0) is 15.0. The molecule has 1 aliphatic carbocycles. The van der Waals surface area contributed by atoms with E-state index >= 15 is 0 Å². The monoisotopic (exact) mass is 324 g/mol. The van der Waals surface area contributed by atoms with Gasteiger partial charge >= 0.3 is 0 Å². The largest absolute Gasteiger partial charge is 0.320 e. The summed E-state index contributed by atoms with van der Waals surface area (Å²) in [4.78, 5) is 16.4. The van der Waals surface area contributed by atoms with Gasteiger partial charge in [0.15, 0.2) is 0 Å². The first-order chi connectivity index (χ1) is 10.1. The Labute approximate surface area is 134 Å². The number of fused-ring (bicyclic) bond motifs is 1. The molecule has 0 unspecified atom stereocenters. The number of nitrogens with zero attached hydrogens (tertiary/aromatic N) is 2. The van der Waals surface area contributed by atoms with Gasteiger partial charge in [-0.05, 0) is 31.9 Å². The van der Waals surface area contributed by atoms with Gasteiger partial charge in [0.05, 0.1) is 27.6 Å². The van der Waals surface area contributed by atoms with Gasteiger partial charge in [-0.2, -0.15) is 0 Å². The van der Waals surface area contributed by atoms with Crippen LogP contribution in [0.25, 0.3) is 11.0 Å². The van der Waals surface area contributed by atoms with Gasteiger partial charge < -0.3 is 4.57 Å². The van der Waals surface area contributed by atoms with Gasteiger partial charge in [0.25, 0.3) is 0 Å². The van der Waals surface area contributed by atoms with E-state index in [9.17, 15) is 4.79 Å². The fraction of sp³-hybridized carbons (Fsp3) is 0.500. The Morgan fingerprint density at radius 1 is 1.24 bits per heavy atom. The van der Waals surface area contributed by atoms with Crippen molar-refractivity contribution in [3.05, 3.63) is 28.0 Å². The van der Waals surface area contributed by atoms with Crippen LogP contribution in [0.4, 0.5) is 0 Å². The molecule has 3 rings (SSSR count). The molecule has 0 radical (unpaired) electrons. The van der Waals surface area contributed by atoms with E-state index in [-0.39, 0.29) is 5.78 Å². The lowest BCUT2D eigenvalue weighted by molar-refractivity contribution is -0.117. The van der Waals surface area contributed by atoms with Crippen molar-refractivity contribution in [2.24, 2.45) is 0 Å². The van der Waals surface area contributed by atoms with Gasteiger partial charge in [-0.3, -0.25) is 4.79 Å². The maximum atomic E-state index is 11.6. The summed E-state index contributed by atoms with van der Waals surface area (Å²) in [6.07, 6.45) is 6.04. The lowest BCUT2D eigenvalue weighted by Crippen LogP contribution is -2.15. The molecule has 1 fully saturated rings. The molecule has 0 aliphatic heterocycles. The highest BCUT2D eigenvalue weighted by Crippen LogP contribution is 2.35. The van der Waals surface area contributed by atoms with Crippen LogP contribution in [0.15, 0.2) is 12.1 Å². The maximum Gasteiger partial charge on any atom is 0.149 e. The number of benzene rings is 1. The average Bonchev–Trinajstić information content (AvgIpc) is 2.78. The minimum absolute atomic E-state index is 0.123. The predicted octanol–water partition coefficient (Wildman–Crippen LogP) is 4.98. The minimum atomic E-state index is 0.123. The zero-order valence-electron chi connectivity index (χ0n) is 12.0. The minimum Gasteiger partial charge on any atom is -0.320 e. The molecule has 112 valence electrons. The molecule has 0 saturated heterocycles. The number of imidazole rings is 1. The lowest BCUT2D eigenvalue weighted by atomic mass is 9.88. The van der Waals surface area contributed by atoms with E-state index < -0.39 is 0 Å². The van der Waals surface area contributed by atoms with Gasteiger partial charge in [-0.15, -0.1) is 0 Å². The lowest BCUT2D eigenvalue weighted by Gasteiger charge is -2.22. The molecule has 2 aromatic rings. The number of hydrogen-bond donors (Lipinski definition) is 0. The fourth-order valence-corrected chi connectivity index (χ4v) is 3.52. The molecule has 3 nitrogen and oxygen atoms in total. The van der Waals surface area contributed by atoms with Crippen molar-refractivity contribution in [3.8, 4) is 0 Å². The number of carbonyl (C=O) groups excluding carboxylic acids is 1. The third-order valence-electron chi connectivity index (χ3n) is 4.17. The standard InChI is InChI=1S/C16H18Cl2N2O/c1-10(21)9-20-15-8-13(18)12(17)7-14(15)19-16(20)11-5-3-2-4-6-11/h7-8,11H,2-6,9H2,1H3. The molecule has 0 spiro atoms. The van der Waals surface area contributed by atoms with Gasteiger partial charge in [-0.25, -0.2) is 4.98 Å². The van der Waals surface area contributed by atoms with Crippen molar-refractivity contribution < 1.29 is 4.79 Å². The third-order valence-corrected chi connectivity index (χ3v) is 4.89. The van der Waals surface area contributed by atoms with Crippen molar-refractivity contribution >= 4 is 40.0 Å². The Morgan fingerprint density at radius 2 is 1.90 bits per heavy atom. The molecule has 1 heterocycles. The number of aromatic nitrogens is 2. The number of rotatable bonds is 3. The van der Waals surface area contributed by atoms with Crippen LogP contribution >= 0.6 is 23.2 Å². The van der Waals surface area contributed by atoms with Crippen LogP contribution in [-0.2, 0) is 11.3 Å². The number of halogens is 2. The second kappa shape index (κ2) is 5.98. The van der Waals surface area contributed by atoms with E-state index in [1.807, 2.05) is 10.6 Å². The molecule has 0 N–H and O–H groups in total. The molecule has 0 amide bonds. The van der Waals surface area contributed by atoms with Crippen LogP contribution in [-0.4, -0.2) is 15.3 Å². The van der Waals surface area contributed by atoms with Crippen LogP contribution in [0, 0.1) is 0 Å². The Morgan fingerprint density at radius 3 is 2.57 bits per heavy atom. The molecule has 0 bridgehead atoms. The summed E-state index contributed by atoms with van der Waals surface area (Å²) in [5.74, 6) is 1.57. The van der Waals surface area contributed by atoms with E-state index in [0.29, 0.717) is 22.5 Å². The molecule has 1 aromatic carbocycles. The zero-order valence-corrected chi connectivity index (χ0v) is 13.5. The number of hydrogen-bond acceptors (Lipinski definition) is 2. The fourth-order valence-electron chi connectivity index (χ4n) is 3.20. The van der Waals surface area contributed by atoms with Crippen molar-refractivity contribution in [2.45, 2.75) is 51.5 Å². The van der Waals surface area contributed by atoms with Crippen LogP contribution in [0.2, 0.25) is 10.0 Å². The Hall–Kier alpha value is -1.06. The van der Waals surface area contributed by atoms with E-state index in [0.717, 1.165) is 29.7 Å². The first kappa shape index (κ1) is 14.9. The molecule has 5 heteroatoms. The number of Topliss-reactive ketones (excluding diaryl/α,β-unsaturated/α-hetero) is 1. The maximum absolute atomic E-state index is 11.6. The van der Waals surface area contributed by atoms with E-state index in [1.54, 1.807) is 13.0 Å². The predicted molar refractivity (Wildman–Crippen MR) is 86.3 cm³/mol. The van der Waals surface area contributed by atoms with Gasteiger partial charge in [-0.1, -0.05) is 42.5 Å². The van der Waals surface area contributed by atoms with E-state index in [1.165, 1.54) is 19.3 Å². The van der Waals surface area contributed by atoms with Crippen molar-refractivity contribution in [3.63, 3.8) is 0 Å². The van der Waals surface area contributed by atoms with E-state index in [4.69, 9.17) is 28.2 Å². The second-order valence-electron chi connectivity index (χ2n) is 5.85. The average molecular weight is 325 g/mol. The summed E-state index contributed by atoms with van der Waals surface area (Å²) in [7, 11) is 0. The van der Waals surface area contributed by atoms with Crippen LogP contribution in [0.3, 0.4) is 0 Å². The van der Waals surface area contributed by atoms with Gasteiger partial charge in [0.1, 0.15) is 11.6 Å². The topological polar surface area (TPSA) is 34.9 Å². The summed E-state index contributed by atoms with van der Waals surface area (Å²) in [6.45, 7) is 1.95. The quantitative estimate of drug-likeness (QED) is 0.798. The molecular formula is C16H18Cl2N2O. The summed E-state index contributed by atoms with van der Waals surface area (Å²) in [5.41, 5.74) is 1.73. The first-order valence-electron chi connectivity index (χ1n) is 7.41. The second-order valence-corrected chi connectivity index (χ2v) is 6.66. The number of ketones is 1. The van der Waals surface area contributed by atoms with Crippen LogP contribution < -0.4 is 0 Å². The van der Waals surface area contributed by atoms with Crippen molar-refractivity contribution in [1.82, 2.24) is 9.55 Å². The smallest absolute Gasteiger partial charge is 0.149 e. The van der Waals surface area contributed by atoms with Crippen molar-refractivity contribution in [2.75, 3.05) is 0 Å². The summed E-state index contributed by atoms with van der Waals surface area (Å²) >= 11 is 12.2. The molecule has 0 atom stereocenters. The Kier molecular flexibility index (Phi) is 4.23. The highest BCUT2D eigenvalue weighted by atomic mass is 35.5. The number of carbonyl (C=O) groups is 1. The van der Waals surface area contributed by atoms with Crippen molar-refractivity contribution in [1.29, 1.82) is 0 Å². The summed E-state index contributed by atoms with van der Waals surface area (Å²) < 4.78 is 2.02. The molecule has 21 heavy (non-hydrogen) atoms. The highest BCUT2D eigenvalue weighted by Gasteiger charge is 2.23. The van der Waals surface area contributed by atoms with Crippen LogP contribution in [0.5, 0.6) is 0 Å². The molecule has 1 aromatic heterocycles. The Balaban J connectivity index is 2.14. The molecule has 1 saturated carbocycles.